The molecule has 10 heteroatoms. The molecule has 186 valence electrons. The molecule has 6 N–H and O–H groups in total. The summed E-state index contributed by atoms with van der Waals surface area (Å²) in [4.78, 5) is 25.4. The minimum Gasteiger partial charge on any atom is -0.493 e. The summed E-state index contributed by atoms with van der Waals surface area (Å²) in [6.45, 7) is 6.28. The van der Waals surface area contributed by atoms with E-state index >= 15 is 0 Å². The number of nitrogens with zero attached hydrogens (tertiary/aromatic N) is 2. The van der Waals surface area contributed by atoms with Crippen LogP contribution in [0.2, 0.25) is 0 Å². The second kappa shape index (κ2) is 9.46. The molecule has 0 radical (unpaired) electrons. The molecule has 1 aliphatic rings. The van der Waals surface area contributed by atoms with Gasteiger partial charge in [-0.3, -0.25) is 20.0 Å². The standard InChI is InChI=1S/C26H28FN7O2/c1-14(2)34-10-8-15-12-21(36-3)20(11-16(15)13-34)31-26-32-24-17(7-9-29-24)25(33-26)30-19-6-4-5-18(27)22(19)23(28)35/h4-7,9,11-12,14H,8,10,13H2,1-3H3,(H2,28,35)(H3,29,30,31,32,33)/p+1. The van der Waals surface area contributed by atoms with E-state index in [0.717, 1.165) is 30.6 Å². The van der Waals surface area contributed by atoms with Crippen LogP contribution in [0, 0.1) is 5.82 Å². The van der Waals surface area contributed by atoms with Gasteiger partial charge in [-0.2, -0.15) is 0 Å². The molecule has 3 heterocycles. The summed E-state index contributed by atoms with van der Waals surface area (Å²) in [5, 5.41) is 7.14. The van der Waals surface area contributed by atoms with Crippen molar-refractivity contribution in [3.8, 4) is 5.75 Å². The first-order chi connectivity index (χ1) is 17.3. The van der Waals surface area contributed by atoms with E-state index in [1.165, 1.54) is 23.3 Å². The molecule has 1 amide bonds. The van der Waals surface area contributed by atoms with Crippen molar-refractivity contribution >= 4 is 40.1 Å². The van der Waals surface area contributed by atoms with Gasteiger partial charge in [-0.25, -0.2) is 9.37 Å². The van der Waals surface area contributed by atoms with Gasteiger partial charge in [-0.15, -0.1) is 0 Å². The molecule has 0 aliphatic carbocycles. The first-order valence-electron chi connectivity index (χ1n) is 11.8. The van der Waals surface area contributed by atoms with Crippen molar-refractivity contribution in [2.45, 2.75) is 32.9 Å². The minimum atomic E-state index is -0.865. The predicted octanol–water partition coefficient (Wildman–Crippen LogP) is 3.88. The lowest BCUT2D eigenvalue weighted by Gasteiger charge is -2.32. The number of fused-ring (bicyclic) bond motifs is 2. The SMILES string of the molecule is COc1cc2c(cc1Nc1nc(Nc3cccc(F)c3C(N)=O)c3cc[nH]c3[nH+]1)CN(C(C)C)CC2. The third-order valence-electron chi connectivity index (χ3n) is 6.53. The van der Waals surface area contributed by atoms with Crippen molar-refractivity contribution in [1.82, 2.24) is 14.9 Å². The van der Waals surface area contributed by atoms with Crippen LogP contribution in [0.15, 0.2) is 42.6 Å². The summed E-state index contributed by atoms with van der Waals surface area (Å²) in [6.07, 6.45) is 2.73. The van der Waals surface area contributed by atoms with E-state index < -0.39 is 11.7 Å². The fourth-order valence-corrected chi connectivity index (χ4v) is 4.59. The molecule has 0 saturated carbocycles. The summed E-state index contributed by atoms with van der Waals surface area (Å²) in [6, 6.07) is 10.7. The molecule has 2 aromatic carbocycles. The fraction of sp³-hybridized carbons (Fsp3) is 0.269. The number of benzene rings is 2. The average Bonchev–Trinajstić information content (AvgIpc) is 3.32. The zero-order chi connectivity index (χ0) is 25.4. The van der Waals surface area contributed by atoms with Crippen LogP contribution in [-0.4, -0.2) is 40.5 Å². The number of H-pyrrole nitrogens is 2. The van der Waals surface area contributed by atoms with Crippen LogP contribution in [0.1, 0.15) is 35.3 Å². The second-order valence-electron chi connectivity index (χ2n) is 9.11. The summed E-state index contributed by atoms with van der Waals surface area (Å²) in [5.74, 6) is -0.00386. The van der Waals surface area contributed by atoms with Crippen LogP contribution in [0.25, 0.3) is 11.0 Å². The van der Waals surface area contributed by atoms with E-state index in [2.05, 4.69) is 56.5 Å². The lowest BCUT2D eigenvalue weighted by Crippen LogP contribution is -2.35. The highest BCUT2D eigenvalue weighted by Crippen LogP contribution is 2.34. The van der Waals surface area contributed by atoms with Crippen LogP contribution in [-0.2, 0) is 13.0 Å². The first-order valence-corrected chi connectivity index (χ1v) is 11.8. The number of carbonyl (C=O) groups excluding carboxylic acids is 1. The van der Waals surface area contributed by atoms with Gasteiger partial charge in [0.15, 0.2) is 5.75 Å². The number of nitrogens with one attached hydrogen (secondary N) is 4. The van der Waals surface area contributed by atoms with E-state index in [0.29, 0.717) is 29.2 Å². The molecule has 9 nitrogen and oxygen atoms in total. The number of methoxy groups -OCH3 is 1. The normalized spacial score (nSPS) is 13.6. The summed E-state index contributed by atoms with van der Waals surface area (Å²) < 4.78 is 20.0. The van der Waals surface area contributed by atoms with Gasteiger partial charge >= 0.3 is 5.95 Å². The summed E-state index contributed by atoms with van der Waals surface area (Å²) >= 11 is 0. The Kier molecular flexibility index (Phi) is 6.19. The highest BCUT2D eigenvalue weighted by molar-refractivity contribution is 6.00. The zero-order valence-electron chi connectivity index (χ0n) is 20.4. The number of nitrogens with two attached hydrogens (primary N) is 1. The Morgan fingerprint density at radius 1 is 1.22 bits per heavy atom. The van der Waals surface area contributed by atoms with E-state index in [1.54, 1.807) is 19.4 Å². The predicted molar refractivity (Wildman–Crippen MR) is 136 cm³/mol. The van der Waals surface area contributed by atoms with Crippen molar-refractivity contribution in [2.75, 3.05) is 24.3 Å². The molecule has 4 aromatic rings. The van der Waals surface area contributed by atoms with Gasteiger partial charge in [-0.1, -0.05) is 11.1 Å². The largest absolute Gasteiger partial charge is 0.493 e. The first kappa shape index (κ1) is 23.6. The molecule has 5 rings (SSSR count). The van der Waals surface area contributed by atoms with E-state index in [4.69, 9.17) is 10.5 Å². The van der Waals surface area contributed by atoms with Crippen molar-refractivity contribution in [2.24, 2.45) is 5.73 Å². The molecule has 0 fully saturated rings. The summed E-state index contributed by atoms with van der Waals surface area (Å²) in [5.41, 5.74) is 9.41. The minimum absolute atomic E-state index is 0.226. The smallest absolute Gasteiger partial charge is 0.351 e. The third kappa shape index (κ3) is 4.42. The van der Waals surface area contributed by atoms with Gasteiger partial charge < -0.3 is 15.8 Å². The number of amides is 1. The molecule has 0 saturated heterocycles. The molecule has 1 aliphatic heterocycles. The molecular formula is C26H29FN7O2+. The van der Waals surface area contributed by atoms with E-state index in [9.17, 15) is 9.18 Å². The van der Waals surface area contributed by atoms with Crippen molar-refractivity contribution < 1.29 is 18.9 Å². The number of hydrogen-bond acceptors (Lipinski definition) is 6. The van der Waals surface area contributed by atoms with Gasteiger partial charge in [0.05, 0.1) is 23.7 Å². The molecule has 0 bridgehead atoms. The van der Waals surface area contributed by atoms with Crippen LogP contribution in [0.4, 0.5) is 27.5 Å². The maximum atomic E-state index is 14.3. The third-order valence-corrected chi connectivity index (χ3v) is 6.53. The van der Waals surface area contributed by atoms with Gasteiger partial charge in [0.2, 0.25) is 11.5 Å². The number of primary amides is 1. The Labute approximate surface area is 207 Å². The molecular weight excluding hydrogens is 461 g/mol. The topological polar surface area (TPSA) is 122 Å². The number of rotatable bonds is 7. The lowest BCUT2D eigenvalue weighted by molar-refractivity contribution is -0.333. The molecule has 0 spiro atoms. The average molecular weight is 491 g/mol. The Balaban J connectivity index is 1.52. The maximum Gasteiger partial charge on any atom is 0.351 e. The molecule has 0 atom stereocenters. The van der Waals surface area contributed by atoms with Crippen LogP contribution in [0.3, 0.4) is 0 Å². The number of hydrogen-bond donors (Lipinski definition) is 4. The van der Waals surface area contributed by atoms with Crippen molar-refractivity contribution in [3.05, 3.63) is 65.1 Å². The van der Waals surface area contributed by atoms with E-state index in [1.807, 2.05) is 6.07 Å². The van der Waals surface area contributed by atoms with Crippen molar-refractivity contribution in [1.29, 1.82) is 0 Å². The Morgan fingerprint density at radius 3 is 2.81 bits per heavy atom. The number of anilines is 4. The quantitative estimate of drug-likeness (QED) is 0.312. The van der Waals surface area contributed by atoms with Gasteiger partial charge in [0.25, 0.3) is 5.91 Å². The second-order valence-corrected chi connectivity index (χ2v) is 9.11. The van der Waals surface area contributed by atoms with Gasteiger partial charge in [0.1, 0.15) is 11.5 Å². The fourth-order valence-electron chi connectivity index (χ4n) is 4.59. The number of aromatic amines is 2. The highest BCUT2D eigenvalue weighted by atomic mass is 19.1. The number of ether oxygens (including phenoxy) is 1. The van der Waals surface area contributed by atoms with Gasteiger partial charge in [-0.05, 0) is 61.7 Å². The monoisotopic (exact) mass is 490 g/mol. The Morgan fingerprint density at radius 2 is 2.06 bits per heavy atom. The Hall–Kier alpha value is -4.18. The molecule has 36 heavy (non-hydrogen) atoms. The van der Waals surface area contributed by atoms with E-state index in [-0.39, 0.29) is 11.3 Å². The zero-order valence-corrected chi connectivity index (χ0v) is 20.4. The highest BCUT2D eigenvalue weighted by Gasteiger charge is 2.23. The Bertz CT molecular complexity index is 1450. The number of halogens is 1. The van der Waals surface area contributed by atoms with Gasteiger partial charge in [0, 0.05) is 25.3 Å². The lowest BCUT2D eigenvalue weighted by atomic mass is 9.97. The number of aromatic nitrogens is 3. The van der Waals surface area contributed by atoms with Crippen LogP contribution >= 0.6 is 0 Å². The summed E-state index contributed by atoms with van der Waals surface area (Å²) in [7, 11) is 1.64. The van der Waals surface area contributed by atoms with Crippen molar-refractivity contribution in [3.63, 3.8) is 0 Å². The molecule has 2 aromatic heterocycles. The number of carbonyl (C=O) groups is 1. The van der Waals surface area contributed by atoms with Crippen LogP contribution < -0.4 is 26.1 Å². The van der Waals surface area contributed by atoms with Crippen LogP contribution in [0.5, 0.6) is 5.75 Å². The maximum absolute atomic E-state index is 14.3. The molecule has 0 unspecified atom stereocenters.